The lowest BCUT2D eigenvalue weighted by molar-refractivity contribution is -0.137. The van der Waals surface area contributed by atoms with Gasteiger partial charge in [-0.2, -0.15) is 18.3 Å². The third-order valence-electron chi connectivity index (χ3n) is 3.36. The first-order valence-corrected chi connectivity index (χ1v) is 7.77. The van der Waals surface area contributed by atoms with E-state index < -0.39 is 17.6 Å². The van der Waals surface area contributed by atoms with E-state index in [9.17, 15) is 18.0 Å². The molecule has 1 heterocycles. The Labute approximate surface area is 155 Å². The third kappa shape index (κ3) is 5.75. The molecule has 5 nitrogen and oxygen atoms in total. The first kappa shape index (κ1) is 22.0. The summed E-state index contributed by atoms with van der Waals surface area (Å²) in [6.07, 6.45) is -2.95. The number of hydrogen-bond donors (Lipinski definition) is 1. The molecule has 0 aliphatic heterocycles. The molecule has 1 aromatic carbocycles. The van der Waals surface area contributed by atoms with Crippen molar-refractivity contribution in [2.24, 2.45) is 5.10 Å². The fraction of sp³-hybridized carbons (Fsp3) is 0.211. The fourth-order valence-corrected chi connectivity index (χ4v) is 2.07. The summed E-state index contributed by atoms with van der Waals surface area (Å²) in [5.74, 6) is -0.443. The van der Waals surface area contributed by atoms with Crippen molar-refractivity contribution in [2.75, 3.05) is 12.1 Å². The summed E-state index contributed by atoms with van der Waals surface area (Å²) in [6.45, 7) is 7.11. The van der Waals surface area contributed by atoms with Crippen LogP contribution in [0.25, 0.3) is 5.70 Å². The number of benzene rings is 1. The highest BCUT2D eigenvalue weighted by molar-refractivity contribution is 6.27. The van der Waals surface area contributed by atoms with Gasteiger partial charge in [0.25, 0.3) is 0 Å². The van der Waals surface area contributed by atoms with Crippen LogP contribution in [0, 0.1) is 6.92 Å². The molecule has 0 radical (unpaired) electrons. The molecule has 0 aliphatic carbocycles. The first-order valence-electron chi connectivity index (χ1n) is 7.77. The Bertz CT molecular complexity index is 816. The fourth-order valence-electron chi connectivity index (χ4n) is 2.07. The number of aliphatic hydroxyl groups excluding tert-OH is 1. The molecule has 0 bridgehead atoms. The van der Waals surface area contributed by atoms with Crippen LogP contribution in [0.5, 0.6) is 0 Å². The van der Waals surface area contributed by atoms with E-state index in [1.165, 1.54) is 19.2 Å². The van der Waals surface area contributed by atoms with Gasteiger partial charge >= 0.3 is 6.18 Å². The molecular formula is C19H20F3N3O2. The number of aryl methyl sites for hydroxylation is 1. The van der Waals surface area contributed by atoms with Crippen LogP contribution in [0.2, 0.25) is 0 Å². The molecule has 0 aliphatic rings. The lowest BCUT2D eigenvalue weighted by Crippen LogP contribution is -2.22. The number of carbonyl (C=O) groups is 1. The summed E-state index contributed by atoms with van der Waals surface area (Å²) >= 11 is 0. The number of hydrogen-bond acceptors (Lipinski definition) is 5. The highest BCUT2D eigenvalue weighted by Crippen LogP contribution is 2.37. The molecule has 0 atom stereocenters. The van der Waals surface area contributed by atoms with Crippen molar-refractivity contribution >= 4 is 23.5 Å². The summed E-state index contributed by atoms with van der Waals surface area (Å²) in [7, 11) is 1.00. The van der Waals surface area contributed by atoms with Gasteiger partial charge in [0.05, 0.1) is 11.4 Å². The van der Waals surface area contributed by atoms with Crippen LogP contribution < -0.4 is 5.01 Å². The average molecular weight is 379 g/mol. The van der Waals surface area contributed by atoms with Crippen LogP contribution in [0.15, 0.2) is 54.3 Å². The molecule has 0 unspecified atom stereocenters. The predicted octanol–water partition coefficient (Wildman–Crippen LogP) is 4.07. The Kier molecular flexibility index (Phi) is 7.86. The lowest BCUT2D eigenvalue weighted by atomic mass is 10.1. The van der Waals surface area contributed by atoms with Crippen LogP contribution >= 0.6 is 0 Å². The average Bonchev–Trinajstić information content (AvgIpc) is 2.67. The Balaban J connectivity index is 0.00000176. The number of aldehydes is 1. The molecule has 0 saturated carbocycles. The van der Waals surface area contributed by atoms with E-state index in [2.05, 4.69) is 16.7 Å². The largest absolute Gasteiger partial charge is 0.420 e. The van der Waals surface area contributed by atoms with Gasteiger partial charge in [-0.05, 0) is 31.5 Å². The van der Waals surface area contributed by atoms with E-state index in [-0.39, 0.29) is 11.4 Å². The standard InChI is InChI=1S/C18H16F3N3O.CH4O/c1-12-6-8-15(9-7-12)14(3)24(23-13(2)11-25)17-16(18(19,20)21)5-4-10-22-17;1-2/h4-11H,3H2,1-2H3;2H,1H3/b23-13+;. The van der Waals surface area contributed by atoms with Crippen LogP contribution in [-0.4, -0.2) is 29.2 Å². The van der Waals surface area contributed by atoms with Crippen molar-refractivity contribution in [3.8, 4) is 0 Å². The molecule has 27 heavy (non-hydrogen) atoms. The number of rotatable bonds is 5. The second kappa shape index (κ2) is 9.63. The maximum absolute atomic E-state index is 13.3. The Morgan fingerprint density at radius 1 is 1.22 bits per heavy atom. The second-order valence-electron chi connectivity index (χ2n) is 5.36. The number of halogens is 3. The topological polar surface area (TPSA) is 65.8 Å². The Morgan fingerprint density at radius 3 is 2.33 bits per heavy atom. The van der Waals surface area contributed by atoms with Gasteiger partial charge in [-0.3, -0.25) is 4.79 Å². The van der Waals surface area contributed by atoms with Gasteiger partial charge in [0.2, 0.25) is 0 Å². The zero-order valence-electron chi connectivity index (χ0n) is 15.2. The van der Waals surface area contributed by atoms with E-state index >= 15 is 0 Å². The number of carbonyl (C=O) groups excluding carboxylic acids is 1. The monoisotopic (exact) mass is 379 g/mol. The maximum Gasteiger partial charge on any atom is 0.420 e. The van der Waals surface area contributed by atoms with Gasteiger partial charge in [0, 0.05) is 13.3 Å². The van der Waals surface area contributed by atoms with Crippen LogP contribution in [-0.2, 0) is 11.0 Å². The van der Waals surface area contributed by atoms with E-state index in [0.29, 0.717) is 11.8 Å². The second-order valence-corrected chi connectivity index (χ2v) is 5.36. The Hall–Kier alpha value is -3.00. The summed E-state index contributed by atoms with van der Waals surface area (Å²) in [5.41, 5.74) is 0.750. The smallest absolute Gasteiger partial charge is 0.400 e. The molecule has 0 amide bonds. The highest BCUT2D eigenvalue weighted by Gasteiger charge is 2.36. The van der Waals surface area contributed by atoms with Gasteiger partial charge in [0.15, 0.2) is 12.1 Å². The van der Waals surface area contributed by atoms with Crippen molar-refractivity contribution in [2.45, 2.75) is 20.0 Å². The molecule has 0 fully saturated rings. The molecule has 2 rings (SSSR count). The molecule has 1 aromatic heterocycles. The van der Waals surface area contributed by atoms with E-state index in [4.69, 9.17) is 5.11 Å². The van der Waals surface area contributed by atoms with Gasteiger partial charge in [-0.1, -0.05) is 36.4 Å². The van der Waals surface area contributed by atoms with Gasteiger partial charge in [-0.25, -0.2) is 9.99 Å². The van der Waals surface area contributed by atoms with Crippen LogP contribution in [0.1, 0.15) is 23.6 Å². The number of hydrazone groups is 1. The van der Waals surface area contributed by atoms with Crippen LogP contribution in [0.4, 0.5) is 19.0 Å². The van der Waals surface area contributed by atoms with Gasteiger partial charge in [-0.15, -0.1) is 0 Å². The third-order valence-corrected chi connectivity index (χ3v) is 3.36. The van der Waals surface area contributed by atoms with E-state index in [0.717, 1.165) is 23.7 Å². The number of anilines is 1. The quantitative estimate of drug-likeness (QED) is 0.483. The van der Waals surface area contributed by atoms with Crippen molar-refractivity contribution in [3.63, 3.8) is 0 Å². The molecule has 8 heteroatoms. The number of nitrogens with zero attached hydrogens (tertiary/aromatic N) is 3. The van der Waals surface area contributed by atoms with Crippen molar-refractivity contribution in [1.29, 1.82) is 0 Å². The first-order chi connectivity index (χ1) is 12.7. The van der Waals surface area contributed by atoms with Gasteiger partial charge < -0.3 is 5.11 Å². The number of alkyl halides is 3. The van der Waals surface area contributed by atoms with E-state index in [1.54, 1.807) is 24.3 Å². The molecule has 1 N–H and O–H groups in total. The minimum absolute atomic E-state index is 0.00737. The number of pyridine rings is 1. The molecular weight excluding hydrogens is 359 g/mol. The lowest BCUT2D eigenvalue weighted by Gasteiger charge is -2.24. The SMILES string of the molecule is C=C(c1ccc(C)cc1)N(/N=C(\C)C=O)c1ncccc1C(F)(F)F.CO. The zero-order chi connectivity index (χ0) is 20.6. The summed E-state index contributed by atoms with van der Waals surface area (Å²) in [6, 6.07) is 9.13. The highest BCUT2D eigenvalue weighted by atomic mass is 19.4. The summed E-state index contributed by atoms with van der Waals surface area (Å²) in [4.78, 5) is 14.7. The minimum Gasteiger partial charge on any atom is -0.400 e. The van der Waals surface area contributed by atoms with Crippen molar-refractivity contribution in [1.82, 2.24) is 4.98 Å². The zero-order valence-corrected chi connectivity index (χ0v) is 15.2. The van der Waals surface area contributed by atoms with Crippen molar-refractivity contribution in [3.05, 3.63) is 65.9 Å². The minimum atomic E-state index is -4.62. The molecule has 144 valence electrons. The van der Waals surface area contributed by atoms with E-state index in [1.807, 2.05) is 6.92 Å². The summed E-state index contributed by atoms with van der Waals surface area (Å²) < 4.78 is 40.0. The van der Waals surface area contributed by atoms with Gasteiger partial charge in [0.1, 0.15) is 5.56 Å². The van der Waals surface area contributed by atoms with Crippen LogP contribution in [0.3, 0.4) is 0 Å². The summed E-state index contributed by atoms with van der Waals surface area (Å²) in [5, 5.41) is 11.9. The maximum atomic E-state index is 13.3. The molecule has 2 aromatic rings. The normalized spacial score (nSPS) is 11.3. The Morgan fingerprint density at radius 2 is 1.81 bits per heavy atom. The number of aromatic nitrogens is 1. The predicted molar refractivity (Wildman–Crippen MR) is 99.2 cm³/mol. The number of aliphatic hydroxyl groups is 1. The molecule has 0 saturated heterocycles. The van der Waals surface area contributed by atoms with Crippen molar-refractivity contribution < 1.29 is 23.1 Å². The molecule has 0 spiro atoms.